The second-order valence-corrected chi connectivity index (χ2v) is 5.50. The molecule has 1 atom stereocenters. The summed E-state index contributed by atoms with van der Waals surface area (Å²) in [5.41, 5.74) is 0.830. The third-order valence-corrected chi connectivity index (χ3v) is 3.91. The Labute approximate surface area is 130 Å². The van der Waals surface area contributed by atoms with Crippen LogP contribution in [0.1, 0.15) is 11.9 Å². The number of rotatable bonds is 4. The van der Waals surface area contributed by atoms with Crippen LogP contribution >= 0.6 is 0 Å². The predicted octanol–water partition coefficient (Wildman–Crippen LogP) is 1.01. The molecule has 0 saturated carbocycles. The van der Waals surface area contributed by atoms with Crippen molar-refractivity contribution in [1.29, 1.82) is 0 Å². The van der Waals surface area contributed by atoms with Gasteiger partial charge in [0.25, 0.3) is 0 Å². The van der Waals surface area contributed by atoms with Crippen molar-refractivity contribution in [2.45, 2.75) is 6.04 Å². The molecule has 1 aliphatic heterocycles. The second kappa shape index (κ2) is 6.72. The number of hydrogen-bond donors (Lipinski definition) is 2. The highest BCUT2D eigenvalue weighted by Gasteiger charge is 2.28. The third kappa shape index (κ3) is 3.35. The van der Waals surface area contributed by atoms with E-state index in [1.54, 1.807) is 6.20 Å². The highest BCUT2D eigenvalue weighted by Crippen LogP contribution is 2.20. The number of imidazole rings is 1. The molecule has 1 aromatic heterocycles. The minimum Gasteiger partial charge on any atom is -0.337 e. The maximum absolute atomic E-state index is 12.3. The normalized spacial score (nSPS) is 19.0. The van der Waals surface area contributed by atoms with Gasteiger partial charge in [0, 0.05) is 44.8 Å². The van der Waals surface area contributed by atoms with Crippen LogP contribution in [-0.2, 0) is 11.8 Å². The van der Waals surface area contributed by atoms with Gasteiger partial charge in [0.15, 0.2) is 0 Å². The summed E-state index contributed by atoms with van der Waals surface area (Å²) >= 11 is 0. The van der Waals surface area contributed by atoms with Gasteiger partial charge in [-0.2, -0.15) is 0 Å². The molecule has 116 valence electrons. The van der Waals surface area contributed by atoms with Crippen LogP contribution in [0.5, 0.6) is 0 Å². The Morgan fingerprint density at radius 3 is 2.95 bits per heavy atom. The van der Waals surface area contributed by atoms with E-state index in [-0.39, 0.29) is 11.9 Å². The van der Waals surface area contributed by atoms with Gasteiger partial charge in [-0.1, -0.05) is 18.2 Å². The van der Waals surface area contributed by atoms with E-state index in [1.165, 1.54) is 0 Å². The summed E-state index contributed by atoms with van der Waals surface area (Å²) in [6, 6.07) is 9.67. The standard InChI is InChI=1S/C16H21N5O/c1-20-9-8-18-16(20)14-11-17-7-10-21(14)12-15(22)19-13-5-3-2-4-6-13/h2-6,8-9,14,17H,7,10-12H2,1H3,(H,19,22). The molecule has 0 radical (unpaired) electrons. The molecule has 0 spiro atoms. The van der Waals surface area contributed by atoms with E-state index in [1.807, 2.05) is 48.1 Å². The summed E-state index contributed by atoms with van der Waals surface area (Å²) < 4.78 is 2.01. The lowest BCUT2D eigenvalue weighted by Gasteiger charge is -2.35. The van der Waals surface area contributed by atoms with Crippen LogP contribution in [0.15, 0.2) is 42.7 Å². The van der Waals surface area contributed by atoms with E-state index in [0.717, 1.165) is 31.1 Å². The average Bonchev–Trinajstić information content (AvgIpc) is 2.95. The molecule has 1 unspecified atom stereocenters. The highest BCUT2D eigenvalue weighted by atomic mass is 16.2. The average molecular weight is 299 g/mol. The van der Waals surface area contributed by atoms with Gasteiger partial charge in [0.2, 0.25) is 5.91 Å². The number of anilines is 1. The van der Waals surface area contributed by atoms with Crippen LogP contribution in [-0.4, -0.2) is 46.5 Å². The number of carbonyl (C=O) groups is 1. The molecular formula is C16H21N5O. The Kier molecular flexibility index (Phi) is 4.50. The molecule has 1 amide bonds. The van der Waals surface area contributed by atoms with Crippen molar-refractivity contribution in [3.8, 4) is 0 Å². The van der Waals surface area contributed by atoms with Crippen molar-refractivity contribution in [3.05, 3.63) is 48.5 Å². The Morgan fingerprint density at radius 1 is 1.41 bits per heavy atom. The topological polar surface area (TPSA) is 62.2 Å². The fraction of sp³-hybridized carbons (Fsp3) is 0.375. The second-order valence-electron chi connectivity index (χ2n) is 5.50. The molecule has 1 aromatic carbocycles. The summed E-state index contributed by atoms with van der Waals surface area (Å²) in [5, 5.41) is 6.32. The number of nitrogens with zero attached hydrogens (tertiary/aromatic N) is 3. The van der Waals surface area contributed by atoms with E-state index >= 15 is 0 Å². The molecule has 6 nitrogen and oxygen atoms in total. The van der Waals surface area contributed by atoms with Gasteiger partial charge < -0.3 is 15.2 Å². The number of hydrogen-bond acceptors (Lipinski definition) is 4. The van der Waals surface area contributed by atoms with E-state index in [0.29, 0.717) is 6.54 Å². The van der Waals surface area contributed by atoms with Gasteiger partial charge >= 0.3 is 0 Å². The lowest BCUT2D eigenvalue weighted by molar-refractivity contribution is -0.118. The van der Waals surface area contributed by atoms with E-state index in [9.17, 15) is 4.79 Å². The largest absolute Gasteiger partial charge is 0.337 e. The van der Waals surface area contributed by atoms with Crippen LogP contribution in [0.25, 0.3) is 0 Å². The molecule has 22 heavy (non-hydrogen) atoms. The zero-order chi connectivity index (χ0) is 15.4. The molecular weight excluding hydrogens is 278 g/mol. The number of carbonyl (C=O) groups excluding carboxylic acids is 1. The molecule has 1 saturated heterocycles. The maximum atomic E-state index is 12.3. The van der Waals surface area contributed by atoms with Crippen molar-refractivity contribution in [1.82, 2.24) is 19.8 Å². The molecule has 2 heterocycles. The van der Waals surface area contributed by atoms with E-state index in [4.69, 9.17) is 0 Å². The molecule has 2 aromatic rings. The fourth-order valence-electron chi connectivity index (χ4n) is 2.79. The van der Waals surface area contributed by atoms with Crippen LogP contribution < -0.4 is 10.6 Å². The van der Waals surface area contributed by atoms with Crippen molar-refractivity contribution < 1.29 is 4.79 Å². The minimum atomic E-state index is 0.00677. The molecule has 3 rings (SSSR count). The zero-order valence-electron chi connectivity index (χ0n) is 12.7. The number of nitrogens with one attached hydrogen (secondary N) is 2. The number of amides is 1. The Balaban J connectivity index is 1.67. The Morgan fingerprint density at radius 2 is 2.23 bits per heavy atom. The maximum Gasteiger partial charge on any atom is 0.238 e. The third-order valence-electron chi connectivity index (χ3n) is 3.91. The quantitative estimate of drug-likeness (QED) is 0.884. The monoisotopic (exact) mass is 299 g/mol. The first kappa shape index (κ1) is 14.7. The van der Waals surface area contributed by atoms with Crippen molar-refractivity contribution in [3.63, 3.8) is 0 Å². The SMILES string of the molecule is Cn1ccnc1C1CNCCN1CC(=O)Nc1ccccc1. The van der Waals surface area contributed by atoms with Crippen molar-refractivity contribution in [2.24, 2.45) is 7.05 Å². The molecule has 2 N–H and O–H groups in total. The number of aryl methyl sites for hydroxylation is 1. The van der Waals surface area contributed by atoms with Crippen LogP contribution in [0, 0.1) is 0 Å². The lowest BCUT2D eigenvalue weighted by Crippen LogP contribution is -2.49. The van der Waals surface area contributed by atoms with Crippen molar-refractivity contribution >= 4 is 11.6 Å². The van der Waals surface area contributed by atoms with Gasteiger partial charge in [-0.05, 0) is 12.1 Å². The molecule has 0 aliphatic carbocycles. The summed E-state index contributed by atoms with van der Waals surface area (Å²) in [5.74, 6) is 0.993. The summed E-state index contributed by atoms with van der Waals surface area (Å²) in [4.78, 5) is 18.9. The molecule has 1 fully saturated rings. The molecule has 1 aliphatic rings. The van der Waals surface area contributed by atoms with Crippen LogP contribution in [0.3, 0.4) is 0 Å². The van der Waals surface area contributed by atoms with Crippen LogP contribution in [0.4, 0.5) is 5.69 Å². The van der Waals surface area contributed by atoms with Gasteiger partial charge in [-0.3, -0.25) is 9.69 Å². The molecule has 6 heteroatoms. The number of piperazine rings is 1. The van der Waals surface area contributed by atoms with Crippen molar-refractivity contribution in [2.75, 3.05) is 31.5 Å². The van der Waals surface area contributed by atoms with Gasteiger partial charge in [-0.15, -0.1) is 0 Å². The summed E-state index contributed by atoms with van der Waals surface area (Å²) in [6.45, 7) is 2.90. The first-order chi connectivity index (χ1) is 10.7. The smallest absolute Gasteiger partial charge is 0.238 e. The van der Waals surface area contributed by atoms with E-state index < -0.39 is 0 Å². The van der Waals surface area contributed by atoms with Gasteiger partial charge in [0.1, 0.15) is 5.82 Å². The fourth-order valence-corrected chi connectivity index (χ4v) is 2.79. The number of benzene rings is 1. The Hall–Kier alpha value is -2.18. The number of para-hydroxylation sites is 1. The zero-order valence-corrected chi connectivity index (χ0v) is 12.7. The summed E-state index contributed by atoms with van der Waals surface area (Å²) in [7, 11) is 1.99. The van der Waals surface area contributed by atoms with E-state index in [2.05, 4.69) is 20.5 Å². The van der Waals surface area contributed by atoms with Gasteiger partial charge in [0.05, 0.1) is 12.6 Å². The lowest BCUT2D eigenvalue weighted by atomic mass is 10.1. The highest BCUT2D eigenvalue weighted by molar-refractivity contribution is 5.92. The van der Waals surface area contributed by atoms with Crippen LogP contribution in [0.2, 0.25) is 0 Å². The van der Waals surface area contributed by atoms with Gasteiger partial charge in [-0.25, -0.2) is 4.98 Å². The molecule has 0 bridgehead atoms. The Bertz CT molecular complexity index is 624. The summed E-state index contributed by atoms with van der Waals surface area (Å²) in [6.07, 6.45) is 3.73. The predicted molar refractivity (Wildman–Crippen MR) is 85.5 cm³/mol. The number of aromatic nitrogens is 2. The first-order valence-corrected chi connectivity index (χ1v) is 7.51. The minimum absolute atomic E-state index is 0.00677. The first-order valence-electron chi connectivity index (χ1n) is 7.51.